The smallest absolute Gasteiger partial charge is 0.167 e. The lowest BCUT2D eigenvalue weighted by Gasteiger charge is -2.17. The van der Waals surface area contributed by atoms with Crippen molar-refractivity contribution < 1.29 is 8.83 Å². The minimum Gasteiger partial charge on any atom is -0.456 e. The van der Waals surface area contributed by atoms with Crippen molar-refractivity contribution in [2.45, 2.75) is 0 Å². The van der Waals surface area contributed by atoms with Gasteiger partial charge in [0.25, 0.3) is 0 Å². The quantitative estimate of drug-likeness (QED) is 0.159. The Morgan fingerprint density at radius 3 is 1.51 bits per heavy atom. The summed E-state index contributed by atoms with van der Waals surface area (Å²) in [6.45, 7) is 0. The van der Waals surface area contributed by atoms with E-state index in [1.165, 1.54) is 21.9 Å². The van der Waals surface area contributed by atoms with E-state index in [4.69, 9.17) is 23.8 Å². The molecule has 0 bridgehead atoms. The molecule has 6 nitrogen and oxygen atoms in total. The summed E-state index contributed by atoms with van der Waals surface area (Å²) in [5, 5.41) is 6.38. The van der Waals surface area contributed by atoms with Crippen molar-refractivity contribution >= 4 is 65.7 Å². The molecule has 4 aromatic heterocycles. The molecule has 0 amide bonds. The minimum atomic E-state index is 0.519. The van der Waals surface area contributed by atoms with Gasteiger partial charge in [0, 0.05) is 49.0 Å². The highest BCUT2D eigenvalue weighted by Gasteiger charge is 2.26. The van der Waals surface area contributed by atoms with Crippen LogP contribution >= 0.6 is 0 Å². The molecule has 6 heteroatoms. The van der Waals surface area contributed by atoms with E-state index >= 15 is 0 Å². The van der Waals surface area contributed by atoms with Crippen LogP contribution in [0.5, 0.6) is 0 Å². The number of nitrogens with zero attached hydrogens (tertiary/aromatic N) is 4. The monoisotopic (exact) mass is 882 g/mol. The van der Waals surface area contributed by atoms with E-state index in [2.05, 4.69) is 174 Å². The molecule has 0 radical (unpaired) electrons. The number of fused-ring (bicyclic) bond motifs is 9. The Bertz CT molecular complexity index is 4290. The summed E-state index contributed by atoms with van der Waals surface area (Å²) in [6, 6.07) is 80.4. The minimum absolute atomic E-state index is 0.519. The predicted octanol–water partition coefficient (Wildman–Crippen LogP) is 16.8. The highest BCUT2D eigenvalue weighted by Crippen LogP contribution is 2.49. The van der Waals surface area contributed by atoms with Crippen LogP contribution in [0.2, 0.25) is 0 Å². The maximum atomic E-state index is 7.03. The van der Waals surface area contributed by atoms with Crippen molar-refractivity contribution in [3.63, 3.8) is 0 Å². The molecule has 4 heterocycles. The third kappa shape index (κ3) is 6.30. The normalized spacial score (nSPS) is 11.8. The molecule has 0 N–H and O–H groups in total. The van der Waals surface area contributed by atoms with Crippen LogP contribution in [-0.4, -0.2) is 19.5 Å². The second-order valence-corrected chi connectivity index (χ2v) is 17.5. The molecular weight excluding hydrogens is 845 g/mol. The van der Waals surface area contributed by atoms with Crippen molar-refractivity contribution in [3.05, 3.63) is 231 Å². The molecule has 69 heavy (non-hydrogen) atoms. The van der Waals surface area contributed by atoms with Gasteiger partial charge in [0.05, 0.1) is 22.3 Å². The number of benzene rings is 10. The van der Waals surface area contributed by atoms with E-state index in [1.807, 2.05) is 60.7 Å². The number of para-hydroxylation sites is 3. The van der Waals surface area contributed by atoms with Crippen LogP contribution < -0.4 is 0 Å². The zero-order valence-corrected chi connectivity index (χ0v) is 37.0. The highest BCUT2D eigenvalue weighted by atomic mass is 16.3. The lowest BCUT2D eigenvalue weighted by atomic mass is 9.92. The Hall–Kier alpha value is -9.39. The number of aromatic nitrogens is 4. The van der Waals surface area contributed by atoms with E-state index in [-0.39, 0.29) is 0 Å². The van der Waals surface area contributed by atoms with Crippen LogP contribution in [0.15, 0.2) is 239 Å². The predicted molar refractivity (Wildman–Crippen MR) is 281 cm³/mol. The van der Waals surface area contributed by atoms with Crippen LogP contribution in [-0.2, 0) is 0 Å². The molecular formula is C63H38N4O2. The molecule has 14 rings (SSSR count). The van der Waals surface area contributed by atoms with Gasteiger partial charge in [-0.1, -0.05) is 182 Å². The Morgan fingerprint density at radius 1 is 0.304 bits per heavy atom. The summed E-state index contributed by atoms with van der Waals surface area (Å²) in [5.74, 6) is 1.67. The number of rotatable bonds is 7. The van der Waals surface area contributed by atoms with Crippen molar-refractivity contribution in [3.8, 4) is 73.2 Å². The summed E-state index contributed by atoms with van der Waals surface area (Å²) in [4.78, 5) is 15.6. The van der Waals surface area contributed by atoms with Crippen LogP contribution in [0.4, 0.5) is 0 Å². The van der Waals surface area contributed by atoms with Gasteiger partial charge < -0.3 is 13.4 Å². The van der Waals surface area contributed by atoms with Crippen LogP contribution in [0.1, 0.15) is 0 Å². The van der Waals surface area contributed by atoms with Gasteiger partial charge in [-0.05, 0) is 76.3 Å². The lowest BCUT2D eigenvalue weighted by molar-refractivity contribution is 0.668. The molecule has 0 aliphatic rings. The Labute approximate surface area is 396 Å². The summed E-state index contributed by atoms with van der Waals surface area (Å²) >= 11 is 0. The number of furan rings is 2. The fraction of sp³-hybridized carbons (Fsp3) is 0. The van der Waals surface area contributed by atoms with Gasteiger partial charge in [0.15, 0.2) is 17.5 Å². The average molecular weight is 883 g/mol. The molecule has 10 aromatic carbocycles. The van der Waals surface area contributed by atoms with Crippen molar-refractivity contribution in [2.75, 3.05) is 0 Å². The first-order chi connectivity index (χ1) is 34.2. The zero-order chi connectivity index (χ0) is 45.4. The molecule has 0 aliphatic heterocycles. The molecule has 0 atom stereocenters. The molecule has 14 aromatic rings. The molecule has 0 saturated heterocycles. The molecule has 322 valence electrons. The number of hydrogen-bond donors (Lipinski definition) is 0. The van der Waals surface area contributed by atoms with E-state index in [0.717, 1.165) is 94.0 Å². The highest BCUT2D eigenvalue weighted by molar-refractivity contribution is 6.23. The van der Waals surface area contributed by atoms with E-state index in [9.17, 15) is 0 Å². The first kappa shape index (κ1) is 38.8. The summed E-state index contributed by atoms with van der Waals surface area (Å²) in [6.07, 6.45) is 0. The van der Waals surface area contributed by atoms with Crippen LogP contribution in [0, 0.1) is 0 Å². The first-order valence-corrected chi connectivity index (χ1v) is 23.2. The van der Waals surface area contributed by atoms with Gasteiger partial charge in [0.1, 0.15) is 22.3 Å². The van der Waals surface area contributed by atoms with Gasteiger partial charge in [-0.25, -0.2) is 15.0 Å². The third-order valence-electron chi connectivity index (χ3n) is 13.5. The second kappa shape index (κ2) is 15.6. The van der Waals surface area contributed by atoms with E-state index < -0.39 is 0 Å². The fourth-order valence-corrected chi connectivity index (χ4v) is 10.3. The van der Waals surface area contributed by atoms with Crippen molar-refractivity contribution in [2.24, 2.45) is 0 Å². The molecule has 0 fully saturated rings. The SMILES string of the molecule is c1ccc(-c2ccc(-c3nc(-c4ccccc4)nc(-c4ccc(-c5c(-n6c7ccccc7c7cc(-c8ccccc8)ccc76)ccc6oc7ccccc7c56)c5c4oc4ccccc45)n3)cc2)cc1. The topological polar surface area (TPSA) is 69.9 Å². The number of hydrogen-bond acceptors (Lipinski definition) is 5. The maximum Gasteiger partial charge on any atom is 0.167 e. The van der Waals surface area contributed by atoms with Crippen molar-refractivity contribution in [1.29, 1.82) is 0 Å². The second-order valence-electron chi connectivity index (χ2n) is 17.5. The van der Waals surface area contributed by atoms with E-state index in [1.54, 1.807) is 0 Å². The van der Waals surface area contributed by atoms with Gasteiger partial charge in [-0.2, -0.15) is 0 Å². The fourth-order valence-electron chi connectivity index (χ4n) is 10.3. The Kier molecular flexibility index (Phi) is 8.79. The molecule has 0 aliphatic carbocycles. The largest absolute Gasteiger partial charge is 0.456 e. The van der Waals surface area contributed by atoms with Crippen LogP contribution in [0.3, 0.4) is 0 Å². The van der Waals surface area contributed by atoms with Crippen molar-refractivity contribution in [1.82, 2.24) is 19.5 Å². The summed E-state index contributed by atoms with van der Waals surface area (Å²) in [7, 11) is 0. The van der Waals surface area contributed by atoms with Gasteiger partial charge in [0.2, 0.25) is 0 Å². The summed E-state index contributed by atoms with van der Waals surface area (Å²) in [5.41, 5.74) is 15.6. The summed E-state index contributed by atoms with van der Waals surface area (Å²) < 4.78 is 16.1. The standard InChI is InChI=1S/C63H38N4O2/c1-4-16-39(17-5-1)41-28-30-43(31-29-41)62-64-61(42-20-8-3-9-21-42)65-63(66-62)49-34-33-48(57-46-23-11-15-27-55(46)69-60(49)57)58-53(36-37-56-59(58)47-24-12-14-26-54(47)68-56)67-51-25-13-10-22-45(51)50-38-44(32-35-52(50)67)40-18-6-2-7-19-40/h1-38H. The van der Waals surface area contributed by atoms with E-state index in [0.29, 0.717) is 23.1 Å². The maximum absolute atomic E-state index is 7.03. The Balaban J connectivity index is 1.04. The van der Waals surface area contributed by atoms with Gasteiger partial charge in [-0.15, -0.1) is 0 Å². The zero-order valence-electron chi connectivity index (χ0n) is 37.0. The first-order valence-electron chi connectivity index (χ1n) is 23.2. The molecule has 0 unspecified atom stereocenters. The van der Waals surface area contributed by atoms with Gasteiger partial charge >= 0.3 is 0 Å². The molecule has 0 saturated carbocycles. The van der Waals surface area contributed by atoms with Gasteiger partial charge in [-0.3, -0.25) is 0 Å². The Morgan fingerprint density at radius 2 is 0.797 bits per heavy atom. The lowest BCUT2D eigenvalue weighted by Crippen LogP contribution is -2.01. The molecule has 0 spiro atoms. The average Bonchev–Trinajstić information content (AvgIpc) is 4.11. The third-order valence-corrected chi connectivity index (χ3v) is 13.5. The van der Waals surface area contributed by atoms with Crippen LogP contribution in [0.25, 0.3) is 139 Å².